The molecule has 0 rings (SSSR count). The Labute approximate surface area is 127 Å². The van der Waals surface area contributed by atoms with Crippen LogP contribution in [0.15, 0.2) is 0 Å². The minimum Gasteiger partial charge on any atom is -0.390 e. The third kappa shape index (κ3) is 4.74. The molecule has 18 heavy (non-hydrogen) atoms. The number of carbonyl (C=O) groups is 2. The fraction of sp³-hybridized carbons (Fsp3) is 0.750. The standard InChI is InChI=1S/C8H16N2O4S4/c9-5(1-3-15)6(11)10(2-4-16)8(13,17)7(12)14-18/h5,13,15-18H,1-4,9H2. The van der Waals surface area contributed by atoms with Gasteiger partial charge in [0.15, 0.2) is 0 Å². The Bertz CT molecular complexity index is 303. The van der Waals surface area contributed by atoms with Gasteiger partial charge in [0.1, 0.15) is 0 Å². The predicted octanol–water partition coefficient (Wildman–Crippen LogP) is -0.644. The van der Waals surface area contributed by atoms with E-state index in [0.717, 1.165) is 4.90 Å². The van der Waals surface area contributed by atoms with Gasteiger partial charge >= 0.3 is 5.97 Å². The van der Waals surface area contributed by atoms with Crippen LogP contribution in [0.25, 0.3) is 0 Å². The van der Waals surface area contributed by atoms with Gasteiger partial charge in [-0.2, -0.15) is 25.3 Å². The number of hydrogen-bond acceptors (Lipinski definition) is 9. The van der Waals surface area contributed by atoms with Crippen LogP contribution >= 0.6 is 50.8 Å². The van der Waals surface area contributed by atoms with Crippen LogP contribution in [0, 0.1) is 0 Å². The van der Waals surface area contributed by atoms with Crippen molar-refractivity contribution in [3.05, 3.63) is 0 Å². The summed E-state index contributed by atoms with van der Waals surface area (Å²) in [7, 11) is 0. The fourth-order valence-electron chi connectivity index (χ4n) is 1.15. The van der Waals surface area contributed by atoms with E-state index < -0.39 is 23.0 Å². The number of amides is 1. The molecule has 106 valence electrons. The van der Waals surface area contributed by atoms with Crippen molar-refractivity contribution in [1.82, 2.24) is 4.90 Å². The summed E-state index contributed by atoms with van der Waals surface area (Å²) < 4.78 is 4.09. The van der Waals surface area contributed by atoms with Crippen LogP contribution in [0.1, 0.15) is 6.42 Å². The molecule has 0 fully saturated rings. The predicted molar refractivity (Wildman–Crippen MR) is 81.0 cm³/mol. The summed E-state index contributed by atoms with van der Waals surface area (Å²) in [6, 6.07) is -0.895. The zero-order valence-corrected chi connectivity index (χ0v) is 13.0. The normalized spacial score (nSPS) is 15.7. The molecule has 0 bridgehead atoms. The van der Waals surface area contributed by atoms with Crippen molar-refractivity contribution in [2.45, 2.75) is 17.5 Å². The van der Waals surface area contributed by atoms with Crippen LogP contribution in [0.5, 0.6) is 0 Å². The lowest BCUT2D eigenvalue weighted by Crippen LogP contribution is -2.58. The number of hydrogen-bond donors (Lipinski definition) is 6. The lowest BCUT2D eigenvalue weighted by molar-refractivity contribution is -0.167. The summed E-state index contributed by atoms with van der Waals surface area (Å²) in [6.07, 6.45) is 0.296. The van der Waals surface area contributed by atoms with Gasteiger partial charge in [-0.1, -0.05) is 0 Å². The first kappa shape index (κ1) is 18.3. The van der Waals surface area contributed by atoms with Crippen molar-refractivity contribution in [2.24, 2.45) is 5.73 Å². The highest BCUT2D eigenvalue weighted by atomic mass is 32.1. The molecule has 0 heterocycles. The SMILES string of the molecule is NC(CCS)C(=O)N(CCS)C(O)(S)C(=O)OS. The molecule has 0 spiro atoms. The molecule has 0 aromatic heterocycles. The number of rotatable bonds is 7. The van der Waals surface area contributed by atoms with Gasteiger partial charge in [-0.25, -0.2) is 4.79 Å². The highest BCUT2D eigenvalue weighted by molar-refractivity contribution is 7.82. The van der Waals surface area contributed by atoms with E-state index in [2.05, 4.69) is 55.0 Å². The zero-order valence-electron chi connectivity index (χ0n) is 9.39. The minimum atomic E-state index is -2.43. The van der Waals surface area contributed by atoms with Gasteiger partial charge in [-0.3, -0.25) is 9.69 Å². The summed E-state index contributed by atoms with van der Waals surface area (Å²) >= 11 is 14.9. The van der Waals surface area contributed by atoms with Gasteiger partial charge in [0, 0.05) is 25.2 Å². The Balaban J connectivity index is 5.05. The number of thiol groups is 4. The van der Waals surface area contributed by atoms with Gasteiger partial charge in [0.25, 0.3) is 5.06 Å². The van der Waals surface area contributed by atoms with Crippen LogP contribution in [0.2, 0.25) is 0 Å². The van der Waals surface area contributed by atoms with Gasteiger partial charge < -0.3 is 15.0 Å². The maximum absolute atomic E-state index is 12.0. The molecule has 0 aliphatic rings. The molecule has 0 aliphatic heterocycles. The van der Waals surface area contributed by atoms with Crippen LogP contribution in [0.3, 0.4) is 0 Å². The van der Waals surface area contributed by atoms with E-state index >= 15 is 0 Å². The number of aliphatic hydroxyl groups is 1. The van der Waals surface area contributed by atoms with E-state index in [-0.39, 0.29) is 12.3 Å². The summed E-state index contributed by atoms with van der Waals surface area (Å²) in [5, 5.41) is 7.46. The Morgan fingerprint density at radius 2 is 1.94 bits per heavy atom. The summed E-state index contributed by atoms with van der Waals surface area (Å²) in [6.45, 7) is -0.0227. The second-order valence-electron chi connectivity index (χ2n) is 3.35. The Morgan fingerprint density at radius 3 is 2.33 bits per heavy atom. The van der Waals surface area contributed by atoms with Crippen LogP contribution in [0.4, 0.5) is 0 Å². The van der Waals surface area contributed by atoms with Crippen molar-refractivity contribution in [3.63, 3.8) is 0 Å². The Kier molecular flexibility index (Phi) is 8.56. The summed E-state index contributed by atoms with van der Waals surface area (Å²) in [5.41, 5.74) is 5.62. The van der Waals surface area contributed by atoms with Crippen molar-refractivity contribution < 1.29 is 18.9 Å². The number of nitrogens with zero attached hydrogens (tertiary/aromatic N) is 1. The van der Waals surface area contributed by atoms with Gasteiger partial charge in [-0.05, 0) is 12.2 Å². The van der Waals surface area contributed by atoms with E-state index in [1.165, 1.54) is 0 Å². The quantitative estimate of drug-likeness (QED) is 0.212. The molecule has 0 radical (unpaired) electrons. The third-order valence-corrected chi connectivity index (χ3v) is 3.13. The van der Waals surface area contributed by atoms with E-state index in [9.17, 15) is 14.7 Å². The first-order chi connectivity index (χ1) is 8.32. The highest BCUT2D eigenvalue weighted by Crippen LogP contribution is 2.21. The monoisotopic (exact) mass is 332 g/mol. The molecular weight excluding hydrogens is 316 g/mol. The first-order valence-corrected chi connectivity index (χ1v) is 7.00. The average Bonchev–Trinajstić information content (AvgIpc) is 2.33. The number of nitrogens with two attached hydrogens (primary N) is 1. The van der Waals surface area contributed by atoms with Gasteiger partial charge in [0.2, 0.25) is 5.91 Å². The van der Waals surface area contributed by atoms with E-state index in [1.807, 2.05) is 0 Å². The van der Waals surface area contributed by atoms with Crippen LogP contribution < -0.4 is 5.73 Å². The van der Waals surface area contributed by atoms with E-state index in [0.29, 0.717) is 12.2 Å². The molecule has 0 aromatic carbocycles. The summed E-state index contributed by atoms with van der Waals surface area (Å²) in [5.74, 6) is -1.23. The molecule has 1 amide bonds. The maximum atomic E-state index is 12.0. The van der Waals surface area contributed by atoms with Crippen molar-refractivity contribution in [2.75, 3.05) is 18.1 Å². The molecule has 0 saturated carbocycles. The molecule has 0 saturated heterocycles. The average molecular weight is 332 g/mol. The van der Waals surface area contributed by atoms with Gasteiger partial charge in [0.05, 0.1) is 6.04 Å². The molecule has 2 unspecified atom stereocenters. The minimum absolute atomic E-state index is 0.0227. The lowest BCUT2D eigenvalue weighted by Gasteiger charge is -2.34. The maximum Gasteiger partial charge on any atom is 0.382 e. The molecule has 2 atom stereocenters. The van der Waals surface area contributed by atoms with Crippen molar-refractivity contribution in [3.8, 4) is 0 Å². The largest absolute Gasteiger partial charge is 0.390 e. The van der Waals surface area contributed by atoms with Gasteiger partial charge in [-0.15, -0.1) is 12.6 Å². The zero-order chi connectivity index (χ0) is 14.3. The van der Waals surface area contributed by atoms with Crippen molar-refractivity contribution in [1.29, 1.82) is 0 Å². The van der Waals surface area contributed by atoms with Crippen LogP contribution in [-0.2, 0) is 13.8 Å². The van der Waals surface area contributed by atoms with E-state index in [4.69, 9.17) is 5.73 Å². The third-order valence-electron chi connectivity index (χ3n) is 2.08. The topological polar surface area (TPSA) is 92.9 Å². The molecule has 0 aliphatic carbocycles. The van der Waals surface area contributed by atoms with Crippen molar-refractivity contribution >= 4 is 62.7 Å². The molecule has 0 aromatic rings. The molecular formula is C8H16N2O4S4. The highest BCUT2D eigenvalue weighted by Gasteiger charge is 2.44. The second kappa shape index (κ2) is 8.43. The first-order valence-electron chi connectivity index (χ1n) is 4.92. The molecule has 10 heteroatoms. The Hall–Kier alpha value is 0.260. The second-order valence-corrected chi connectivity index (χ2v) is 5.05. The molecule has 6 nitrogen and oxygen atoms in total. The fourth-order valence-corrected chi connectivity index (χ4v) is 2.08. The Morgan fingerprint density at radius 1 is 1.39 bits per heavy atom. The van der Waals surface area contributed by atoms with Crippen LogP contribution in [-0.4, -0.2) is 51.0 Å². The lowest BCUT2D eigenvalue weighted by atomic mass is 10.2. The number of carbonyl (C=O) groups excluding carboxylic acids is 2. The smallest absolute Gasteiger partial charge is 0.382 e. The summed E-state index contributed by atoms with van der Waals surface area (Å²) in [4.78, 5) is 24.1. The van der Waals surface area contributed by atoms with E-state index in [1.54, 1.807) is 0 Å². The molecule has 3 N–H and O–H groups in total.